The number of rotatable bonds is 35. The number of hydrogen-bond acceptors (Lipinski definition) is 11. The third-order valence-corrected chi connectivity index (χ3v) is 13.7. The van der Waals surface area contributed by atoms with Gasteiger partial charge in [0.1, 0.15) is 12.4 Å². The number of carboxylic acid groups (broad SMARTS) is 1. The molecule has 0 spiro atoms. The second-order valence-corrected chi connectivity index (χ2v) is 18.8. The maximum absolute atomic E-state index is 13.3. The Labute approximate surface area is 563 Å². The number of unbranched alkanes of at least 4 members (excludes halogenated alkanes) is 6. The van der Waals surface area contributed by atoms with Gasteiger partial charge in [0, 0.05) is 12.7 Å². The first-order chi connectivity index (χ1) is 35.7. The number of ether oxygens (including phenoxy) is 7. The second-order valence-electron chi connectivity index (χ2n) is 18.8. The number of hydrogen-bond donors (Lipinski definition) is 1. The zero-order chi connectivity index (χ0) is 51.8. The average molecular weight is 1270 g/mol. The molecule has 1 unspecified atom stereocenters. The van der Waals surface area contributed by atoms with Gasteiger partial charge in [0.15, 0.2) is 0 Å². The van der Waals surface area contributed by atoms with E-state index >= 15 is 0 Å². The van der Waals surface area contributed by atoms with Crippen LogP contribution in [0.15, 0.2) is 84.9 Å². The molecule has 5 aromatic carbocycles. The third-order valence-electron chi connectivity index (χ3n) is 13.7. The number of aliphatic hydroxyl groups excluding tert-OH is 1. The van der Waals surface area contributed by atoms with Crippen molar-refractivity contribution in [3.8, 4) is 28.0 Å². The monoisotopic (exact) mass is 1270 g/mol. The van der Waals surface area contributed by atoms with Crippen molar-refractivity contribution in [1.82, 2.24) is 0 Å². The summed E-state index contributed by atoms with van der Waals surface area (Å²) in [5.41, 5.74) is 12.8. The molecular formula is C61H77Cs2O12+. The minimum atomic E-state index is -1.38. The van der Waals surface area contributed by atoms with Gasteiger partial charge in [-0.15, -0.1) is 0 Å². The van der Waals surface area contributed by atoms with Gasteiger partial charge in [0.25, 0.3) is 0 Å². The van der Waals surface area contributed by atoms with Crippen molar-refractivity contribution in [1.29, 1.82) is 0 Å². The SMILES string of the molecule is CCCCCCc1cc(-c2ccc3c(c2)C(c2ccc(COCCOCCOCCO)c(C=[O+][O-])c2)(c2ccc(OCCOCCOCCOC)c(C(=O)[O-])c2)c2cc(C)ccc2-3)c(CCCCCC)cc1C.[Cs+].[Cs+]. The smallest absolute Gasteiger partial charge is 0.545 e. The van der Waals surface area contributed by atoms with Gasteiger partial charge in [-0.05, 0) is 131 Å². The van der Waals surface area contributed by atoms with Crippen LogP contribution >= 0.6 is 0 Å². The largest absolute Gasteiger partial charge is 1.00 e. The third kappa shape index (κ3) is 18.6. The van der Waals surface area contributed by atoms with Crippen LogP contribution in [0.3, 0.4) is 0 Å². The van der Waals surface area contributed by atoms with Crippen molar-refractivity contribution in [3.63, 3.8) is 0 Å². The summed E-state index contributed by atoms with van der Waals surface area (Å²) in [7, 11) is 1.62. The van der Waals surface area contributed by atoms with Crippen molar-refractivity contribution in [3.05, 3.63) is 146 Å². The van der Waals surface area contributed by atoms with Gasteiger partial charge in [-0.25, -0.2) is 0 Å². The van der Waals surface area contributed by atoms with Crippen LogP contribution in [0, 0.1) is 13.8 Å². The number of fused-ring (bicyclic) bond motifs is 3. The van der Waals surface area contributed by atoms with Crippen LogP contribution in [0.2, 0.25) is 0 Å². The summed E-state index contributed by atoms with van der Waals surface area (Å²) in [5.74, 6) is -1.21. The molecule has 12 nitrogen and oxygen atoms in total. The Morgan fingerprint density at radius 3 is 1.83 bits per heavy atom. The van der Waals surface area contributed by atoms with Gasteiger partial charge in [-0.1, -0.05) is 119 Å². The molecule has 1 aliphatic rings. The van der Waals surface area contributed by atoms with Crippen molar-refractivity contribution < 1.29 is 196 Å². The van der Waals surface area contributed by atoms with Gasteiger partial charge in [0.05, 0.1) is 96.2 Å². The summed E-state index contributed by atoms with van der Waals surface area (Å²) in [6.07, 6.45) is 12.5. The number of aryl methyl sites for hydroxylation is 4. The molecule has 0 radical (unpaired) electrons. The molecule has 0 bridgehead atoms. The molecule has 0 aliphatic heterocycles. The molecule has 14 heteroatoms. The topological polar surface area (TPSA) is 159 Å². The average Bonchev–Trinajstić information content (AvgIpc) is 3.68. The summed E-state index contributed by atoms with van der Waals surface area (Å²) >= 11 is 0. The standard InChI is InChI=1S/C61H78O12.2Cs/c1-6-8-10-12-14-46-39-55(47(37-45(46)4)15-13-11-9-7-2)48-18-22-54-53-21-16-44(3)36-57(53)61(58(54)40-48,51-19-17-49(50(38-51)43-73-65)42-71-33-32-69-29-28-67-25-24-62)52-20-23-59(56(41-52)60(63)64)72-35-34-70-31-30-68-27-26-66-5;;/h16-23,36-41,43,62H,6-15,24-35,42H2,1-5H3,(H,63,64);;/q;2*+1/p-1. The molecule has 0 saturated carbocycles. The molecule has 394 valence electrons. The summed E-state index contributed by atoms with van der Waals surface area (Å²) in [6.45, 7) is 12.6. The van der Waals surface area contributed by atoms with E-state index in [4.69, 9.17) is 38.3 Å². The molecule has 0 heterocycles. The molecule has 5 aromatic rings. The Kier molecular flexibility index (Phi) is 31.9. The number of carbonyl (C=O) groups excluding carboxylic acids is 2. The van der Waals surface area contributed by atoms with Crippen molar-refractivity contribution in [2.24, 2.45) is 0 Å². The van der Waals surface area contributed by atoms with E-state index in [-0.39, 0.29) is 182 Å². The molecule has 1 N–H and O–H groups in total. The second kappa shape index (κ2) is 36.1. The molecule has 0 saturated heterocycles. The quantitative estimate of drug-likeness (QED) is 0.0205. The van der Waals surface area contributed by atoms with Crippen molar-refractivity contribution in [2.75, 3.05) is 86.4 Å². The van der Waals surface area contributed by atoms with E-state index in [9.17, 15) is 15.2 Å². The number of carboxylic acids is 1. The van der Waals surface area contributed by atoms with E-state index in [1.165, 1.54) is 54.2 Å². The Hall–Kier alpha value is -1.34. The predicted molar refractivity (Wildman–Crippen MR) is 281 cm³/mol. The summed E-state index contributed by atoms with van der Waals surface area (Å²) in [6, 6.07) is 29.3. The zero-order valence-corrected chi connectivity index (χ0v) is 58.4. The fourth-order valence-corrected chi connectivity index (χ4v) is 9.97. The minimum absolute atomic E-state index is 0. The van der Waals surface area contributed by atoms with E-state index in [2.05, 4.69) is 80.8 Å². The van der Waals surface area contributed by atoms with Gasteiger partial charge in [0.2, 0.25) is 0 Å². The van der Waals surface area contributed by atoms with E-state index in [0.29, 0.717) is 64.0 Å². The fourth-order valence-electron chi connectivity index (χ4n) is 9.97. The number of carbonyl (C=O) groups is 1. The van der Waals surface area contributed by atoms with Crippen LogP contribution < -0.4 is 153 Å². The molecule has 0 fully saturated rings. The normalized spacial score (nSPS) is 13.6. The molecule has 1 aliphatic carbocycles. The van der Waals surface area contributed by atoms with Gasteiger partial charge in [-0.3, -0.25) is 0 Å². The van der Waals surface area contributed by atoms with E-state index in [0.717, 1.165) is 83.0 Å². The fraction of sp³-hybridized carbons (Fsp3) is 0.475. The van der Waals surface area contributed by atoms with Crippen LogP contribution in [-0.2, 0) is 53.3 Å². The van der Waals surface area contributed by atoms with Crippen molar-refractivity contribution in [2.45, 2.75) is 104 Å². The van der Waals surface area contributed by atoms with E-state index in [1.807, 2.05) is 24.3 Å². The summed E-state index contributed by atoms with van der Waals surface area (Å²) < 4.78 is 43.8. The number of aldehydes is 1. The van der Waals surface area contributed by atoms with Crippen molar-refractivity contribution >= 4 is 12.3 Å². The van der Waals surface area contributed by atoms with Crippen LogP contribution in [0.5, 0.6) is 5.75 Å². The zero-order valence-electron chi connectivity index (χ0n) is 45.9. The van der Waals surface area contributed by atoms with Gasteiger partial charge < -0.3 is 53.4 Å². The predicted octanol–water partition coefficient (Wildman–Crippen LogP) is 3.17. The molecule has 0 amide bonds. The molecule has 0 aromatic heterocycles. The van der Waals surface area contributed by atoms with Crippen LogP contribution in [0.4, 0.5) is 0 Å². The molecule has 6 rings (SSSR count). The first-order valence-electron chi connectivity index (χ1n) is 26.3. The van der Waals surface area contributed by atoms with E-state index < -0.39 is 11.4 Å². The first kappa shape index (κ1) is 66.2. The summed E-state index contributed by atoms with van der Waals surface area (Å²) in [4.78, 5) is 13.3. The van der Waals surface area contributed by atoms with Crippen LogP contribution in [0.25, 0.3) is 22.3 Å². The number of benzene rings is 5. The Balaban J connectivity index is 0.00000608. The van der Waals surface area contributed by atoms with Gasteiger partial charge >= 0.3 is 144 Å². The minimum Gasteiger partial charge on any atom is -0.545 e. The number of aromatic carboxylic acids is 1. The maximum atomic E-state index is 13.3. The molecule has 1 atom stereocenters. The summed E-state index contributed by atoms with van der Waals surface area (Å²) in [5, 5.41) is 34.3. The van der Waals surface area contributed by atoms with E-state index in [1.54, 1.807) is 19.2 Å². The Morgan fingerprint density at radius 2 is 1.19 bits per heavy atom. The molecule has 75 heavy (non-hydrogen) atoms. The van der Waals surface area contributed by atoms with Crippen LogP contribution in [-0.4, -0.2) is 104 Å². The molecular weight excluding hydrogens is 1190 g/mol. The maximum Gasteiger partial charge on any atom is 1.00 e. The first-order valence-corrected chi connectivity index (χ1v) is 26.3. The Bertz CT molecular complexity index is 2550. The number of aliphatic hydroxyl groups is 1. The van der Waals surface area contributed by atoms with Gasteiger partial charge in [-0.2, -0.15) is 4.58 Å². The van der Waals surface area contributed by atoms with Crippen LogP contribution in [0.1, 0.15) is 136 Å². The Morgan fingerprint density at radius 1 is 0.600 bits per heavy atom. The number of methoxy groups -OCH3 is 1.